The maximum atomic E-state index is 11.7. The molecule has 0 heterocycles. The fourth-order valence-electron chi connectivity index (χ4n) is 3.75. The van der Waals surface area contributed by atoms with Crippen LogP contribution in [0.2, 0.25) is 0 Å². The van der Waals surface area contributed by atoms with Gasteiger partial charge in [-0.1, -0.05) is 100 Å². The summed E-state index contributed by atoms with van der Waals surface area (Å²) in [5.41, 5.74) is 7.53. The summed E-state index contributed by atoms with van der Waals surface area (Å²) in [5.74, 6) is 0. The zero-order valence-electron chi connectivity index (χ0n) is 16.5. The maximum Gasteiger partial charge on any atom is 0.115 e. The van der Waals surface area contributed by atoms with E-state index >= 15 is 0 Å². The molecule has 0 saturated heterocycles. The number of nitrogens with two attached hydrogens (primary N) is 1. The van der Waals surface area contributed by atoms with Crippen LogP contribution in [-0.4, -0.2) is 10.6 Å². The number of aliphatic hydroxyl groups is 1. The molecule has 0 aliphatic rings. The molecular weight excluding hydrogens is 318 g/mol. The van der Waals surface area contributed by atoms with Crippen molar-refractivity contribution in [3.05, 3.63) is 71.8 Å². The maximum absolute atomic E-state index is 11.7. The van der Waals surface area contributed by atoms with Crippen LogP contribution in [0.4, 0.5) is 0 Å². The molecule has 0 bridgehead atoms. The molecule has 26 heavy (non-hydrogen) atoms. The summed E-state index contributed by atoms with van der Waals surface area (Å²) < 4.78 is 0. The quantitative estimate of drug-likeness (QED) is 0.538. The van der Waals surface area contributed by atoms with E-state index in [-0.39, 0.29) is 5.54 Å². The summed E-state index contributed by atoms with van der Waals surface area (Å²) in [4.78, 5) is 0. The van der Waals surface area contributed by atoms with Crippen LogP contribution >= 0.6 is 0 Å². The number of hydrogen-bond donors (Lipinski definition) is 2. The average Bonchev–Trinajstić information content (AvgIpc) is 2.70. The van der Waals surface area contributed by atoms with Crippen LogP contribution in [0, 0.1) is 0 Å². The first-order valence-electron chi connectivity index (χ1n) is 10.2. The second-order valence-electron chi connectivity index (χ2n) is 7.66. The fourth-order valence-corrected chi connectivity index (χ4v) is 3.75. The van der Waals surface area contributed by atoms with E-state index in [2.05, 4.69) is 13.8 Å². The molecule has 2 rings (SSSR count). The lowest BCUT2D eigenvalue weighted by Gasteiger charge is -2.36. The first-order valence-corrected chi connectivity index (χ1v) is 10.2. The molecule has 0 radical (unpaired) electrons. The molecule has 2 nitrogen and oxygen atoms in total. The van der Waals surface area contributed by atoms with Gasteiger partial charge in [0.25, 0.3) is 0 Å². The molecule has 0 aliphatic carbocycles. The van der Waals surface area contributed by atoms with Crippen molar-refractivity contribution in [3.8, 4) is 0 Å². The van der Waals surface area contributed by atoms with Crippen molar-refractivity contribution in [1.29, 1.82) is 0 Å². The van der Waals surface area contributed by atoms with E-state index in [1.54, 1.807) is 0 Å². The average molecular weight is 354 g/mol. The van der Waals surface area contributed by atoms with E-state index in [0.29, 0.717) is 6.42 Å². The minimum atomic E-state index is -0.994. The Labute approximate surface area is 159 Å². The predicted molar refractivity (Wildman–Crippen MR) is 111 cm³/mol. The van der Waals surface area contributed by atoms with E-state index < -0.39 is 5.60 Å². The topological polar surface area (TPSA) is 46.2 Å². The molecule has 3 N–H and O–H groups in total. The molecule has 0 unspecified atom stereocenters. The normalized spacial score (nSPS) is 12.3. The van der Waals surface area contributed by atoms with Gasteiger partial charge < -0.3 is 10.8 Å². The smallest absolute Gasteiger partial charge is 0.115 e. The third kappa shape index (κ3) is 5.43. The van der Waals surface area contributed by atoms with Gasteiger partial charge in [0.15, 0.2) is 0 Å². The molecule has 0 saturated carbocycles. The Hall–Kier alpha value is -1.64. The van der Waals surface area contributed by atoms with Crippen molar-refractivity contribution in [1.82, 2.24) is 0 Å². The highest BCUT2D eigenvalue weighted by Crippen LogP contribution is 2.37. The van der Waals surface area contributed by atoms with Crippen molar-refractivity contribution in [2.24, 2.45) is 5.73 Å². The first-order chi connectivity index (χ1) is 12.5. The van der Waals surface area contributed by atoms with Crippen LogP contribution < -0.4 is 5.73 Å². The standard InChI is InChI=1S/C24H35NO/c1-3-5-17-23(25,18-6-4-2)19-20-24(26,21-13-9-7-10-14-21)22-15-11-8-12-16-22/h7-16,26H,3-6,17-20,25H2,1-2H3. The molecule has 2 aromatic carbocycles. The van der Waals surface area contributed by atoms with Crippen LogP contribution in [-0.2, 0) is 5.60 Å². The second kappa shape index (κ2) is 9.89. The number of rotatable bonds is 11. The minimum Gasteiger partial charge on any atom is -0.380 e. The Morgan fingerprint density at radius 3 is 1.50 bits per heavy atom. The van der Waals surface area contributed by atoms with Crippen LogP contribution in [0.25, 0.3) is 0 Å². The highest BCUT2D eigenvalue weighted by Gasteiger charge is 2.35. The third-order valence-corrected chi connectivity index (χ3v) is 5.54. The van der Waals surface area contributed by atoms with E-state index in [4.69, 9.17) is 5.73 Å². The van der Waals surface area contributed by atoms with Crippen molar-refractivity contribution < 1.29 is 5.11 Å². The van der Waals surface area contributed by atoms with Crippen LogP contribution in [0.5, 0.6) is 0 Å². The van der Waals surface area contributed by atoms with E-state index in [1.165, 1.54) is 0 Å². The highest BCUT2D eigenvalue weighted by molar-refractivity contribution is 5.35. The number of unbranched alkanes of at least 4 members (excludes halogenated alkanes) is 2. The van der Waals surface area contributed by atoms with Gasteiger partial charge in [0, 0.05) is 5.54 Å². The molecule has 0 aliphatic heterocycles. The van der Waals surface area contributed by atoms with Crippen molar-refractivity contribution in [2.75, 3.05) is 0 Å². The van der Waals surface area contributed by atoms with Gasteiger partial charge in [0.1, 0.15) is 5.60 Å². The van der Waals surface area contributed by atoms with Gasteiger partial charge in [0.05, 0.1) is 0 Å². The second-order valence-corrected chi connectivity index (χ2v) is 7.66. The van der Waals surface area contributed by atoms with E-state index in [1.807, 2.05) is 60.7 Å². The molecule has 0 atom stereocenters. The van der Waals surface area contributed by atoms with Gasteiger partial charge in [0.2, 0.25) is 0 Å². The van der Waals surface area contributed by atoms with Gasteiger partial charge in [-0.05, 0) is 36.8 Å². The molecule has 142 valence electrons. The SMILES string of the molecule is CCCCC(N)(CCCC)CCC(O)(c1ccccc1)c1ccccc1. The molecule has 0 spiro atoms. The van der Waals surface area contributed by atoms with Gasteiger partial charge in [-0.3, -0.25) is 0 Å². The van der Waals surface area contributed by atoms with Crippen LogP contribution in [0.3, 0.4) is 0 Å². The van der Waals surface area contributed by atoms with Crippen LogP contribution in [0.15, 0.2) is 60.7 Å². The van der Waals surface area contributed by atoms with E-state index in [0.717, 1.165) is 56.1 Å². The lowest BCUT2D eigenvalue weighted by molar-refractivity contribution is 0.0588. The van der Waals surface area contributed by atoms with E-state index in [9.17, 15) is 5.11 Å². The molecule has 2 aromatic rings. The van der Waals surface area contributed by atoms with Gasteiger partial charge in [-0.15, -0.1) is 0 Å². The number of hydrogen-bond acceptors (Lipinski definition) is 2. The highest BCUT2D eigenvalue weighted by atomic mass is 16.3. The summed E-state index contributed by atoms with van der Waals surface area (Å²) >= 11 is 0. The Balaban J connectivity index is 2.26. The molecule has 0 aromatic heterocycles. The lowest BCUT2D eigenvalue weighted by atomic mass is 9.76. The monoisotopic (exact) mass is 353 g/mol. The Kier molecular flexibility index (Phi) is 7.86. The zero-order chi connectivity index (χ0) is 18.9. The fraction of sp³-hybridized carbons (Fsp3) is 0.500. The van der Waals surface area contributed by atoms with Crippen LogP contribution in [0.1, 0.15) is 76.3 Å². The minimum absolute atomic E-state index is 0.191. The van der Waals surface area contributed by atoms with Crippen molar-refractivity contribution >= 4 is 0 Å². The third-order valence-electron chi connectivity index (χ3n) is 5.54. The predicted octanol–water partition coefficient (Wildman–Crippen LogP) is 5.78. The Morgan fingerprint density at radius 1 is 0.692 bits per heavy atom. The summed E-state index contributed by atoms with van der Waals surface area (Å²) in [5, 5.41) is 11.7. The molecule has 2 heteroatoms. The lowest BCUT2D eigenvalue weighted by Crippen LogP contribution is -2.42. The molecular formula is C24H35NO. The van der Waals surface area contributed by atoms with Gasteiger partial charge in [-0.25, -0.2) is 0 Å². The van der Waals surface area contributed by atoms with Crippen molar-refractivity contribution in [2.45, 2.75) is 76.4 Å². The Morgan fingerprint density at radius 2 is 1.12 bits per heavy atom. The van der Waals surface area contributed by atoms with Crippen molar-refractivity contribution in [3.63, 3.8) is 0 Å². The van der Waals surface area contributed by atoms with Gasteiger partial charge in [-0.2, -0.15) is 0 Å². The summed E-state index contributed by atoms with van der Waals surface area (Å²) in [6.07, 6.45) is 8.15. The van der Waals surface area contributed by atoms with Gasteiger partial charge >= 0.3 is 0 Å². The molecule has 0 amide bonds. The largest absolute Gasteiger partial charge is 0.380 e. The summed E-state index contributed by atoms with van der Waals surface area (Å²) in [6, 6.07) is 20.0. The first kappa shape index (κ1) is 20.7. The summed E-state index contributed by atoms with van der Waals surface area (Å²) in [6.45, 7) is 4.43. The Bertz CT molecular complexity index is 576. The molecule has 0 fully saturated rings. The number of benzene rings is 2. The summed E-state index contributed by atoms with van der Waals surface area (Å²) in [7, 11) is 0. The zero-order valence-corrected chi connectivity index (χ0v) is 16.5.